The lowest BCUT2D eigenvalue weighted by molar-refractivity contribution is -0.117. The minimum absolute atomic E-state index is 0.103. The molecular formula is C18H28N4O. The molecule has 3 heterocycles. The third-order valence-electron chi connectivity index (χ3n) is 5.16. The third-order valence-corrected chi connectivity index (χ3v) is 5.16. The predicted octanol–water partition coefficient (Wildman–Crippen LogP) is 2.65. The fraction of sp³-hybridized carbons (Fsp3) is 0.667. The number of carbonyl (C=O) groups is 1. The Morgan fingerprint density at radius 1 is 1.35 bits per heavy atom. The summed E-state index contributed by atoms with van der Waals surface area (Å²) in [6, 6.07) is 3.98. The first kappa shape index (κ1) is 16.2. The largest absolute Gasteiger partial charge is 0.357 e. The molecule has 2 aliphatic rings. The van der Waals surface area contributed by atoms with Gasteiger partial charge in [0.2, 0.25) is 5.91 Å². The molecule has 1 aromatic rings. The average molecular weight is 316 g/mol. The van der Waals surface area contributed by atoms with Crippen molar-refractivity contribution in [1.82, 2.24) is 10.3 Å². The van der Waals surface area contributed by atoms with Gasteiger partial charge in [-0.15, -0.1) is 0 Å². The SMILES string of the molecule is CC(CC(=O)Nc1ccc(N2CCCC2)nc1)C1CCNCC1. The second-order valence-corrected chi connectivity index (χ2v) is 6.92. The van der Waals surface area contributed by atoms with Gasteiger partial charge in [0, 0.05) is 19.5 Å². The van der Waals surface area contributed by atoms with Crippen LogP contribution in [-0.4, -0.2) is 37.1 Å². The van der Waals surface area contributed by atoms with Crippen molar-refractivity contribution in [2.24, 2.45) is 11.8 Å². The molecule has 0 aromatic carbocycles. The van der Waals surface area contributed by atoms with E-state index in [0.29, 0.717) is 18.3 Å². The van der Waals surface area contributed by atoms with E-state index in [1.165, 1.54) is 25.7 Å². The van der Waals surface area contributed by atoms with Gasteiger partial charge < -0.3 is 15.5 Å². The maximum atomic E-state index is 12.2. The molecule has 2 aliphatic heterocycles. The molecule has 2 fully saturated rings. The van der Waals surface area contributed by atoms with Crippen molar-refractivity contribution in [3.05, 3.63) is 18.3 Å². The summed E-state index contributed by atoms with van der Waals surface area (Å²) in [7, 11) is 0. The maximum absolute atomic E-state index is 12.2. The van der Waals surface area contributed by atoms with Crippen LogP contribution in [0, 0.1) is 11.8 Å². The van der Waals surface area contributed by atoms with Crippen molar-refractivity contribution in [2.75, 3.05) is 36.4 Å². The number of piperidine rings is 1. The van der Waals surface area contributed by atoms with Crippen LogP contribution >= 0.6 is 0 Å². The van der Waals surface area contributed by atoms with Gasteiger partial charge in [0.15, 0.2) is 0 Å². The molecule has 0 spiro atoms. The van der Waals surface area contributed by atoms with E-state index in [2.05, 4.69) is 27.4 Å². The summed E-state index contributed by atoms with van der Waals surface area (Å²) in [6.07, 6.45) is 7.23. The molecular weight excluding hydrogens is 288 g/mol. The Hall–Kier alpha value is -1.62. The smallest absolute Gasteiger partial charge is 0.224 e. The van der Waals surface area contributed by atoms with Crippen LogP contribution in [0.5, 0.6) is 0 Å². The van der Waals surface area contributed by atoms with E-state index in [-0.39, 0.29) is 5.91 Å². The van der Waals surface area contributed by atoms with Crippen molar-refractivity contribution in [2.45, 2.75) is 39.0 Å². The Labute approximate surface area is 138 Å². The van der Waals surface area contributed by atoms with E-state index in [1.54, 1.807) is 6.20 Å². The van der Waals surface area contributed by atoms with Gasteiger partial charge in [0.25, 0.3) is 0 Å². The molecule has 126 valence electrons. The van der Waals surface area contributed by atoms with Crippen LogP contribution in [0.3, 0.4) is 0 Å². The summed E-state index contributed by atoms with van der Waals surface area (Å²) >= 11 is 0. The molecule has 1 amide bonds. The van der Waals surface area contributed by atoms with Gasteiger partial charge in [-0.1, -0.05) is 6.92 Å². The van der Waals surface area contributed by atoms with Crippen LogP contribution in [0.4, 0.5) is 11.5 Å². The normalized spacial score (nSPS) is 20.5. The Kier molecular flexibility index (Phi) is 5.49. The molecule has 0 saturated carbocycles. The number of pyridine rings is 1. The number of nitrogens with zero attached hydrogens (tertiary/aromatic N) is 2. The first-order chi connectivity index (χ1) is 11.2. The fourth-order valence-corrected chi connectivity index (χ4v) is 3.68. The minimum atomic E-state index is 0.103. The molecule has 2 saturated heterocycles. The molecule has 1 unspecified atom stereocenters. The summed E-state index contributed by atoms with van der Waals surface area (Å²) in [5, 5.41) is 6.37. The van der Waals surface area contributed by atoms with Gasteiger partial charge in [-0.3, -0.25) is 4.79 Å². The topological polar surface area (TPSA) is 57.3 Å². The highest BCUT2D eigenvalue weighted by atomic mass is 16.1. The van der Waals surface area contributed by atoms with Crippen LogP contribution < -0.4 is 15.5 Å². The van der Waals surface area contributed by atoms with Gasteiger partial charge in [0.1, 0.15) is 5.82 Å². The highest BCUT2D eigenvalue weighted by molar-refractivity contribution is 5.90. The summed E-state index contributed by atoms with van der Waals surface area (Å²) in [5.74, 6) is 2.22. The maximum Gasteiger partial charge on any atom is 0.224 e. The molecule has 0 aliphatic carbocycles. The number of hydrogen-bond acceptors (Lipinski definition) is 4. The lowest BCUT2D eigenvalue weighted by atomic mass is 9.84. The first-order valence-corrected chi connectivity index (χ1v) is 8.94. The second kappa shape index (κ2) is 7.77. The number of rotatable bonds is 5. The van der Waals surface area contributed by atoms with Crippen molar-refractivity contribution >= 4 is 17.4 Å². The van der Waals surface area contributed by atoms with Crippen LogP contribution in [0.1, 0.15) is 39.0 Å². The Morgan fingerprint density at radius 3 is 2.74 bits per heavy atom. The Balaban J connectivity index is 1.49. The molecule has 5 heteroatoms. The zero-order valence-corrected chi connectivity index (χ0v) is 14.1. The standard InChI is InChI=1S/C18H28N4O/c1-14(15-6-8-19-9-7-15)12-18(23)21-16-4-5-17(20-13-16)22-10-2-3-11-22/h4-5,13-15,19H,2-3,6-12H2,1H3,(H,21,23). The summed E-state index contributed by atoms with van der Waals surface area (Å²) in [5.41, 5.74) is 0.801. The fourth-order valence-electron chi connectivity index (χ4n) is 3.68. The number of carbonyl (C=O) groups excluding carboxylic acids is 1. The number of nitrogens with one attached hydrogen (secondary N) is 2. The van der Waals surface area contributed by atoms with E-state index in [4.69, 9.17) is 0 Å². The molecule has 23 heavy (non-hydrogen) atoms. The molecule has 0 radical (unpaired) electrons. The molecule has 3 rings (SSSR count). The number of hydrogen-bond donors (Lipinski definition) is 2. The minimum Gasteiger partial charge on any atom is -0.357 e. The predicted molar refractivity (Wildman–Crippen MR) is 93.7 cm³/mol. The summed E-state index contributed by atoms with van der Waals surface area (Å²) in [4.78, 5) is 19.0. The van der Waals surface area contributed by atoms with Crippen LogP contribution in [0.25, 0.3) is 0 Å². The Bertz CT molecular complexity index is 504. The highest BCUT2D eigenvalue weighted by Crippen LogP contribution is 2.25. The molecule has 2 N–H and O–H groups in total. The van der Waals surface area contributed by atoms with Gasteiger partial charge in [-0.2, -0.15) is 0 Å². The lowest BCUT2D eigenvalue weighted by Crippen LogP contribution is -2.32. The quantitative estimate of drug-likeness (QED) is 0.877. The summed E-state index contributed by atoms with van der Waals surface area (Å²) in [6.45, 7) is 6.54. The van der Waals surface area contributed by atoms with Gasteiger partial charge >= 0.3 is 0 Å². The zero-order valence-electron chi connectivity index (χ0n) is 14.1. The van der Waals surface area contributed by atoms with Crippen molar-refractivity contribution in [3.63, 3.8) is 0 Å². The van der Waals surface area contributed by atoms with Gasteiger partial charge in [0.05, 0.1) is 11.9 Å². The molecule has 0 bridgehead atoms. The van der Waals surface area contributed by atoms with E-state index in [1.807, 2.05) is 12.1 Å². The summed E-state index contributed by atoms with van der Waals surface area (Å²) < 4.78 is 0. The average Bonchev–Trinajstić information content (AvgIpc) is 3.11. The second-order valence-electron chi connectivity index (χ2n) is 6.92. The molecule has 1 aromatic heterocycles. The molecule has 5 nitrogen and oxygen atoms in total. The monoisotopic (exact) mass is 316 g/mol. The van der Waals surface area contributed by atoms with Gasteiger partial charge in [-0.25, -0.2) is 4.98 Å². The van der Waals surface area contributed by atoms with Crippen LogP contribution in [-0.2, 0) is 4.79 Å². The van der Waals surface area contributed by atoms with Crippen LogP contribution in [0.2, 0.25) is 0 Å². The van der Waals surface area contributed by atoms with E-state index < -0.39 is 0 Å². The number of amides is 1. The zero-order chi connectivity index (χ0) is 16.1. The van der Waals surface area contributed by atoms with Crippen molar-refractivity contribution in [3.8, 4) is 0 Å². The van der Waals surface area contributed by atoms with E-state index >= 15 is 0 Å². The lowest BCUT2D eigenvalue weighted by Gasteiger charge is -2.27. The third kappa shape index (κ3) is 4.44. The number of aromatic nitrogens is 1. The van der Waals surface area contributed by atoms with Crippen molar-refractivity contribution < 1.29 is 4.79 Å². The Morgan fingerprint density at radius 2 is 2.09 bits per heavy atom. The van der Waals surface area contributed by atoms with E-state index in [9.17, 15) is 4.79 Å². The number of anilines is 2. The first-order valence-electron chi connectivity index (χ1n) is 8.94. The van der Waals surface area contributed by atoms with Gasteiger partial charge in [-0.05, 0) is 62.7 Å². The van der Waals surface area contributed by atoms with Crippen LogP contribution in [0.15, 0.2) is 18.3 Å². The van der Waals surface area contributed by atoms with E-state index in [0.717, 1.165) is 37.7 Å². The van der Waals surface area contributed by atoms with Crippen molar-refractivity contribution in [1.29, 1.82) is 0 Å². The molecule has 1 atom stereocenters. The highest BCUT2D eigenvalue weighted by Gasteiger charge is 2.22.